The molecule has 2 aliphatic rings. The van der Waals surface area contributed by atoms with Gasteiger partial charge in [-0.1, -0.05) is 23.2 Å². The zero-order chi connectivity index (χ0) is 18.6. The SMILES string of the molecule is O=C1NC2(C(=O)[N]c3ccc(Cl)cc32)C(=O)N1Cc1cc(Cl)ccc1F. The number of imide groups is 1. The Morgan fingerprint density at radius 3 is 2.54 bits per heavy atom. The lowest BCUT2D eigenvalue weighted by Gasteiger charge is -2.19. The van der Waals surface area contributed by atoms with Gasteiger partial charge in [0.05, 0.1) is 12.2 Å². The molecule has 0 saturated carbocycles. The van der Waals surface area contributed by atoms with Gasteiger partial charge in [0.25, 0.3) is 11.8 Å². The highest BCUT2D eigenvalue weighted by molar-refractivity contribution is 6.31. The molecule has 131 valence electrons. The van der Waals surface area contributed by atoms with Crippen LogP contribution in [-0.4, -0.2) is 22.7 Å². The smallest absolute Gasteiger partial charge is 0.311 e. The number of benzene rings is 2. The highest BCUT2D eigenvalue weighted by Gasteiger charge is 2.62. The lowest BCUT2D eigenvalue weighted by Crippen LogP contribution is -2.49. The Morgan fingerprint density at radius 1 is 1.08 bits per heavy atom. The van der Waals surface area contributed by atoms with E-state index >= 15 is 0 Å². The quantitative estimate of drug-likeness (QED) is 0.630. The first-order valence-corrected chi connectivity index (χ1v) is 8.23. The lowest BCUT2D eigenvalue weighted by molar-refractivity contribution is -0.139. The van der Waals surface area contributed by atoms with Gasteiger partial charge in [-0.25, -0.2) is 14.5 Å². The number of urea groups is 1. The fourth-order valence-electron chi connectivity index (χ4n) is 3.10. The summed E-state index contributed by atoms with van der Waals surface area (Å²) in [5.41, 5.74) is -1.47. The van der Waals surface area contributed by atoms with E-state index in [-0.39, 0.29) is 33.4 Å². The molecule has 1 spiro atoms. The summed E-state index contributed by atoms with van der Waals surface area (Å²) in [6.07, 6.45) is 0. The summed E-state index contributed by atoms with van der Waals surface area (Å²) in [6, 6.07) is 7.40. The molecule has 1 unspecified atom stereocenters. The zero-order valence-corrected chi connectivity index (χ0v) is 14.4. The molecule has 1 atom stereocenters. The van der Waals surface area contributed by atoms with Gasteiger partial charge < -0.3 is 5.32 Å². The van der Waals surface area contributed by atoms with Crippen LogP contribution < -0.4 is 10.6 Å². The van der Waals surface area contributed by atoms with E-state index in [0.29, 0.717) is 0 Å². The number of fused-ring (bicyclic) bond motifs is 2. The first-order valence-electron chi connectivity index (χ1n) is 7.47. The second kappa shape index (κ2) is 5.69. The minimum atomic E-state index is -1.97. The fraction of sp³-hybridized carbons (Fsp3) is 0.118. The highest BCUT2D eigenvalue weighted by atomic mass is 35.5. The van der Waals surface area contributed by atoms with Gasteiger partial charge in [-0.05, 0) is 36.4 Å². The topological polar surface area (TPSA) is 80.6 Å². The maximum atomic E-state index is 14.0. The Labute approximate surface area is 156 Å². The van der Waals surface area contributed by atoms with Crippen molar-refractivity contribution in [2.24, 2.45) is 0 Å². The van der Waals surface area contributed by atoms with Gasteiger partial charge in [0.1, 0.15) is 5.82 Å². The normalized spacial score (nSPS) is 21.2. The second-order valence-electron chi connectivity index (χ2n) is 5.89. The van der Waals surface area contributed by atoms with Crippen LogP contribution in [0.5, 0.6) is 0 Å². The molecule has 0 bridgehead atoms. The van der Waals surface area contributed by atoms with Crippen LogP contribution in [0.25, 0.3) is 0 Å². The van der Waals surface area contributed by atoms with E-state index in [1.165, 1.54) is 30.3 Å². The summed E-state index contributed by atoms with van der Waals surface area (Å²) < 4.78 is 14.0. The Balaban J connectivity index is 1.76. The number of rotatable bonds is 2. The maximum Gasteiger partial charge on any atom is 0.326 e. The van der Waals surface area contributed by atoms with Crippen molar-refractivity contribution >= 4 is 46.7 Å². The van der Waals surface area contributed by atoms with Gasteiger partial charge in [0.2, 0.25) is 5.54 Å². The molecule has 2 aromatic carbocycles. The van der Waals surface area contributed by atoms with Crippen molar-refractivity contribution in [3.63, 3.8) is 0 Å². The van der Waals surface area contributed by atoms with Crippen molar-refractivity contribution in [3.05, 3.63) is 63.4 Å². The Kier molecular flexibility index (Phi) is 3.68. The Morgan fingerprint density at radius 2 is 1.77 bits per heavy atom. The summed E-state index contributed by atoms with van der Waals surface area (Å²) >= 11 is 11.8. The molecule has 2 heterocycles. The molecule has 9 heteroatoms. The summed E-state index contributed by atoms with van der Waals surface area (Å²) in [5.74, 6) is -2.28. The molecule has 2 aromatic rings. The van der Waals surface area contributed by atoms with E-state index in [9.17, 15) is 18.8 Å². The van der Waals surface area contributed by atoms with Gasteiger partial charge in [-0.15, -0.1) is 0 Å². The number of hydrogen-bond acceptors (Lipinski definition) is 3. The average Bonchev–Trinajstić information content (AvgIpc) is 3.00. The van der Waals surface area contributed by atoms with Gasteiger partial charge >= 0.3 is 6.03 Å². The van der Waals surface area contributed by atoms with Crippen molar-refractivity contribution in [1.82, 2.24) is 15.5 Å². The maximum absolute atomic E-state index is 14.0. The van der Waals surface area contributed by atoms with Gasteiger partial charge in [0.15, 0.2) is 0 Å². The van der Waals surface area contributed by atoms with Crippen molar-refractivity contribution in [2.45, 2.75) is 12.1 Å². The molecule has 2 aliphatic heterocycles. The average molecular weight is 393 g/mol. The van der Waals surface area contributed by atoms with E-state index in [1.54, 1.807) is 0 Å². The van der Waals surface area contributed by atoms with Gasteiger partial charge in [-0.2, -0.15) is 0 Å². The van der Waals surface area contributed by atoms with E-state index < -0.39 is 29.2 Å². The Bertz CT molecular complexity index is 997. The molecule has 0 aromatic heterocycles. The minimum Gasteiger partial charge on any atom is -0.311 e. The van der Waals surface area contributed by atoms with Crippen LogP contribution in [0.1, 0.15) is 11.1 Å². The highest BCUT2D eigenvalue weighted by Crippen LogP contribution is 2.42. The first-order chi connectivity index (χ1) is 12.3. The van der Waals surface area contributed by atoms with Gasteiger partial charge in [0, 0.05) is 21.2 Å². The van der Waals surface area contributed by atoms with Crippen LogP contribution in [-0.2, 0) is 21.7 Å². The summed E-state index contributed by atoms with van der Waals surface area (Å²) in [5, 5.41) is 6.77. The van der Waals surface area contributed by atoms with Crippen LogP contribution >= 0.6 is 23.2 Å². The third-order valence-electron chi connectivity index (χ3n) is 4.35. The first kappa shape index (κ1) is 16.8. The third kappa shape index (κ3) is 2.28. The number of halogens is 3. The molecule has 1 radical (unpaired) electrons. The van der Waals surface area contributed by atoms with Crippen LogP contribution in [0, 0.1) is 5.82 Å². The minimum absolute atomic E-state index is 0.0479. The molecule has 1 fully saturated rings. The second-order valence-corrected chi connectivity index (χ2v) is 6.76. The van der Waals surface area contributed by atoms with Crippen LogP contribution in [0.4, 0.5) is 14.9 Å². The molecule has 0 aliphatic carbocycles. The summed E-state index contributed by atoms with van der Waals surface area (Å²) in [6.45, 7) is -0.373. The summed E-state index contributed by atoms with van der Waals surface area (Å²) in [4.78, 5) is 38.6. The predicted molar refractivity (Wildman–Crippen MR) is 90.4 cm³/mol. The van der Waals surface area contributed by atoms with Crippen LogP contribution in [0.15, 0.2) is 36.4 Å². The van der Waals surface area contributed by atoms with E-state index in [4.69, 9.17) is 23.2 Å². The lowest BCUT2D eigenvalue weighted by atomic mass is 9.91. The third-order valence-corrected chi connectivity index (χ3v) is 4.82. The molecule has 4 rings (SSSR count). The van der Waals surface area contributed by atoms with Gasteiger partial charge in [-0.3, -0.25) is 14.5 Å². The molecule has 1 N–H and O–H groups in total. The number of nitrogens with one attached hydrogen (secondary N) is 1. The monoisotopic (exact) mass is 392 g/mol. The fourth-order valence-corrected chi connectivity index (χ4v) is 3.46. The number of nitrogens with zero attached hydrogens (tertiary/aromatic N) is 2. The largest absolute Gasteiger partial charge is 0.326 e. The van der Waals surface area contributed by atoms with Crippen molar-refractivity contribution in [2.75, 3.05) is 0 Å². The number of amides is 4. The summed E-state index contributed by atoms with van der Waals surface area (Å²) in [7, 11) is 0. The molecule has 26 heavy (non-hydrogen) atoms. The molecule has 6 nitrogen and oxygen atoms in total. The van der Waals surface area contributed by atoms with E-state index in [0.717, 1.165) is 11.0 Å². The van der Waals surface area contributed by atoms with Crippen molar-refractivity contribution in [1.29, 1.82) is 0 Å². The van der Waals surface area contributed by atoms with Crippen molar-refractivity contribution < 1.29 is 18.8 Å². The number of carbonyl (C=O) groups excluding carboxylic acids is 3. The van der Waals surface area contributed by atoms with E-state index in [2.05, 4.69) is 10.6 Å². The molecular weight excluding hydrogens is 384 g/mol. The molecular formula is C17H9Cl2FN3O3. The van der Waals surface area contributed by atoms with E-state index in [1.807, 2.05) is 0 Å². The standard InChI is InChI=1S/C17H9Cl2FN3O3/c18-9-1-3-12(20)8(5-9)7-23-15(25)17(22-16(23)26)11-6-10(19)2-4-13(11)21-14(17)24/h1-6H,7H2,(H,22,26). The van der Waals surface area contributed by atoms with Crippen LogP contribution in [0.2, 0.25) is 10.0 Å². The zero-order valence-electron chi connectivity index (χ0n) is 12.9. The van der Waals surface area contributed by atoms with Crippen LogP contribution in [0.3, 0.4) is 0 Å². The molecule has 1 saturated heterocycles. The molecule has 4 amide bonds. The number of hydrogen-bond donors (Lipinski definition) is 1. The van der Waals surface area contributed by atoms with Crippen molar-refractivity contribution in [3.8, 4) is 0 Å². The number of carbonyl (C=O) groups is 3. The predicted octanol–water partition coefficient (Wildman–Crippen LogP) is 2.86. The Hall–Kier alpha value is -2.64.